The highest BCUT2D eigenvalue weighted by atomic mass is 32.2. The summed E-state index contributed by atoms with van der Waals surface area (Å²) in [7, 11) is 1.93. The normalized spacial score (nSPS) is 12.2. The van der Waals surface area contributed by atoms with Gasteiger partial charge in [-0.2, -0.15) is 0 Å². The van der Waals surface area contributed by atoms with E-state index >= 15 is 0 Å². The van der Waals surface area contributed by atoms with E-state index < -0.39 is 0 Å². The van der Waals surface area contributed by atoms with Crippen LogP contribution in [0.1, 0.15) is 32.3 Å². The molecule has 0 unspecified atom stereocenters. The smallest absolute Gasteiger partial charge is 0.230 e. The van der Waals surface area contributed by atoms with Crippen LogP contribution in [0.4, 0.5) is 0 Å². The van der Waals surface area contributed by atoms with Crippen molar-refractivity contribution in [2.45, 2.75) is 44.8 Å². The molecule has 6 heteroatoms. The fourth-order valence-electron chi connectivity index (χ4n) is 2.45. The molecule has 0 saturated heterocycles. The summed E-state index contributed by atoms with van der Waals surface area (Å²) in [5, 5.41) is 12.2. The third-order valence-electron chi connectivity index (χ3n) is 3.68. The average Bonchev–Trinajstić information content (AvgIpc) is 2.87. The highest BCUT2D eigenvalue weighted by Crippen LogP contribution is 2.24. The number of aromatic nitrogens is 3. The van der Waals surface area contributed by atoms with Crippen LogP contribution in [-0.2, 0) is 11.8 Å². The fourth-order valence-corrected chi connectivity index (χ4v) is 3.17. The van der Waals surface area contributed by atoms with E-state index in [4.69, 9.17) is 0 Å². The molecule has 1 amide bonds. The number of amides is 1. The molecule has 0 aliphatic rings. The summed E-state index contributed by atoms with van der Waals surface area (Å²) in [5.74, 6) is 1.22. The quantitative estimate of drug-likeness (QED) is 0.791. The molecule has 0 saturated carbocycles. The second kappa shape index (κ2) is 8.15. The Bertz CT molecular complexity index is 668. The van der Waals surface area contributed by atoms with Gasteiger partial charge in [0, 0.05) is 18.7 Å². The first kappa shape index (κ1) is 17.5. The van der Waals surface area contributed by atoms with Gasteiger partial charge in [-0.1, -0.05) is 49.4 Å². The van der Waals surface area contributed by atoms with Crippen LogP contribution in [-0.4, -0.2) is 32.5 Å². The summed E-state index contributed by atoms with van der Waals surface area (Å²) < 4.78 is 1.94. The Morgan fingerprint density at radius 2 is 2.09 bits per heavy atom. The Morgan fingerprint density at radius 1 is 1.35 bits per heavy atom. The number of carbonyl (C=O) groups is 1. The lowest BCUT2D eigenvalue weighted by Gasteiger charge is -2.12. The molecular formula is C17H24N4OS. The van der Waals surface area contributed by atoms with Gasteiger partial charge in [0.05, 0.1) is 5.75 Å². The van der Waals surface area contributed by atoms with Crippen LogP contribution in [0.2, 0.25) is 0 Å². The molecule has 124 valence electrons. The number of thioether (sulfide) groups is 1. The Balaban J connectivity index is 2.00. The third kappa shape index (κ3) is 4.58. The van der Waals surface area contributed by atoms with Crippen molar-refractivity contribution in [2.75, 3.05) is 5.75 Å². The molecule has 1 aromatic carbocycles. The zero-order valence-electron chi connectivity index (χ0n) is 14.2. The number of aryl methyl sites for hydroxylation is 1. The summed E-state index contributed by atoms with van der Waals surface area (Å²) in [4.78, 5) is 12.0. The van der Waals surface area contributed by atoms with Crippen molar-refractivity contribution < 1.29 is 4.79 Å². The van der Waals surface area contributed by atoms with Gasteiger partial charge in [-0.25, -0.2) is 0 Å². The molecule has 2 rings (SSSR count). The highest BCUT2D eigenvalue weighted by molar-refractivity contribution is 7.99. The molecule has 5 nitrogen and oxygen atoms in total. The summed E-state index contributed by atoms with van der Waals surface area (Å²) in [6.45, 7) is 6.20. The molecule has 1 heterocycles. The fraction of sp³-hybridized carbons (Fsp3) is 0.471. The lowest BCUT2D eigenvalue weighted by Crippen LogP contribution is -2.33. The van der Waals surface area contributed by atoms with E-state index in [-0.39, 0.29) is 11.9 Å². The molecule has 0 radical (unpaired) electrons. The minimum atomic E-state index is 0.0383. The Morgan fingerprint density at radius 3 is 2.78 bits per heavy atom. The van der Waals surface area contributed by atoms with Crippen LogP contribution in [0.5, 0.6) is 0 Å². The van der Waals surface area contributed by atoms with Crippen LogP contribution in [0.3, 0.4) is 0 Å². The maximum Gasteiger partial charge on any atom is 0.230 e. The zero-order valence-corrected chi connectivity index (χ0v) is 15.0. The molecule has 0 bridgehead atoms. The van der Waals surface area contributed by atoms with Crippen molar-refractivity contribution in [3.8, 4) is 11.4 Å². The predicted molar refractivity (Wildman–Crippen MR) is 94.4 cm³/mol. The van der Waals surface area contributed by atoms with Gasteiger partial charge in [0.1, 0.15) is 0 Å². The van der Waals surface area contributed by atoms with Crippen molar-refractivity contribution in [1.82, 2.24) is 20.1 Å². The minimum Gasteiger partial charge on any atom is -0.353 e. The van der Waals surface area contributed by atoms with Crippen molar-refractivity contribution in [2.24, 2.45) is 7.05 Å². The van der Waals surface area contributed by atoms with Crippen molar-refractivity contribution in [3.05, 3.63) is 29.8 Å². The third-order valence-corrected chi connectivity index (χ3v) is 4.70. The first-order chi connectivity index (χ1) is 11.0. The number of nitrogens with one attached hydrogen (secondary N) is 1. The molecule has 1 atom stereocenters. The number of hydrogen-bond acceptors (Lipinski definition) is 4. The lowest BCUT2D eigenvalue weighted by molar-refractivity contribution is -0.119. The Hall–Kier alpha value is -1.82. The van der Waals surface area contributed by atoms with E-state index in [2.05, 4.69) is 35.4 Å². The van der Waals surface area contributed by atoms with Gasteiger partial charge < -0.3 is 9.88 Å². The molecule has 1 N–H and O–H groups in total. The maximum atomic E-state index is 12.0. The van der Waals surface area contributed by atoms with Gasteiger partial charge in [0.25, 0.3) is 0 Å². The van der Waals surface area contributed by atoms with E-state index in [0.29, 0.717) is 5.75 Å². The molecule has 2 aromatic rings. The van der Waals surface area contributed by atoms with Gasteiger partial charge in [-0.3, -0.25) is 4.79 Å². The van der Waals surface area contributed by atoms with Crippen LogP contribution in [0.25, 0.3) is 11.4 Å². The topological polar surface area (TPSA) is 59.8 Å². The number of rotatable bonds is 7. The van der Waals surface area contributed by atoms with Crippen LogP contribution in [0, 0.1) is 6.92 Å². The largest absolute Gasteiger partial charge is 0.353 e. The minimum absolute atomic E-state index is 0.0383. The highest BCUT2D eigenvalue weighted by Gasteiger charge is 2.14. The molecular weight excluding hydrogens is 308 g/mol. The zero-order chi connectivity index (χ0) is 16.8. The van der Waals surface area contributed by atoms with Gasteiger partial charge in [-0.15, -0.1) is 10.2 Å². The van der Waals surface area contributed by atoms with E-state index in [1.165, 1.54) is 11.8 Å². The first-order valence-corrected chi connectivity index (χ1v) is 8.89. The van der Waals surface area contributed by atoms with E-state index in [9.17, 15) is 4.79 Å². The van der Waals surface area contributed by atoms with Crippen LogP contribution < -0.4 is 5.32 Å². The first-order valence-electron chi connectivity index (χ1n) is 7.90. The maximum absolute atomic E-state index is 12.0. The molecule has 0 fully saturated rings. The van der Waals surface area contributed by atoms with Crippen LogP contribution >= 0.6 is 11.8 Å². The summed E-state index contributed by atoms with van der Waals surface area (Å²) in [6, 6.07) is 8.31. The van der Waals surface area contributed by atoms with E-state index in [1.54, 1.807) is 0 Å². The monoisotopic (exact) mass is 332 g/mol. The van der Waals surface area contributed by atoms with Crippen molar-refractivity contribution >= 4 is 17.7 Å². The van der Waals surface area contributed by atoms with Crippen LogP contribution in [0.15, 0.2) is 29.4 Å². The van der Waals surface area contributed by atoms with Gasteiger partial charge in [-0.05, 0) is 25.8 Å². The molecule has 0 aliphatic heterocycles. The summed E-state index contributed by atoms with van der Waals surface area (Å²) in [6.07, 6.45) is 2.06. The van der Waals surface area contributed by atoms with Crippen molar-refractivity contribution in [3.63, 3.8) is 0 Å². The van der Waals surface area contributed by atoms with Gasteiger partial charge in [0.15, 0.2) is 11.0 Å². The van der Waals surface area contributed by atoms with Crippen molar-refractivity contribution in [1.29, 1.82) is 0 Å². The van der Waals surface area contributed by atoms with Gasteiger partial charge in [0.2, 0.25) is 5.91 Å². The SMILES string of the molecule is CCC[C@@H](C)NC(=O)CSc1nnc(-c2ccccc2C)n1C. The number of carbonyl (C=O) groups excluding carboxylic acids is 1. The predicted octanol–water partition coefficient (Wildman–Crippen LogP) is 3.19. The Labute approximate surface area is 141 Å². The number of hydrogen-bond donors (Lipinski definition) is 1. The summed E-state index contributed by atoms with van der Waals surface area (Å²) in [5.41, 5.74) is 2.22. The molecule has 23 heavy (non-hydrogen) atoms. The second-order valence-electron chi connectivity index (χ2n) is 5.73. The lowest BCUT2D eigenvalue weighted by atomic mass is 10.1. The van der Waals surface area contributed by atoms with E-state index in [0.717, 1.165) is 34.9 Å². The van der Waals surface area contributed by atoms with E-state index in [1.807, 2.05) is 36.7 Å². The summed E-state index contributed by atoms with van der Waals surface area (Å²) >= 11 is 1.41. The second-order valence-corrected chi connectivity index (χ2v) is 6.67. The van der Waals surface area contributed by atoms with Gasteiger partial charge >= 0.3 is 0 Å². The number of nitrogens with zero attached hydrogens (tertiary/aromatic N) is 3. The number of benzene rings is 1. The average molecular weight is 332 g/mol. The molecule has 0 aliphatic carbocycles. The standard InChI is InChI=1S/C17H24N4OS/c1-5-8-13(3)18-15(22)11-23-17-20-19-16(21(17)4)14-10-7-6-9-12(14)2/h6-7,9-10,13H,5,8,11H2,1-4H3,(H,18,22)/t13-/m1/s1. The Kier molecular flexibility index (Phi) is 6.21. The molecule has 0 spiro atoms. The molecule has 1 aromatic heterocycles.